The smallest absolute Gasteiger partial charge is 0.271 e. The maximum absolute atomic E-state index is 13.7. The summed E-state index contributed by atoms with van der Waals surface area (Å²) >= 11 is 5.99. The summed E-state index contributed by atoms with van der Waals surface area (Å²) in [5.74, 6) is -0.999. The predicted octanol–water partition coefficient (Wildman–Crippen LogP) is 3.75. The molecule has 0 spiro atoms. The van der Waals surface area contributed by atoms with E-state index < -0.39 is 33.4 Å². The number of halogens is 1. The van der Waals surface area contributed by atoms with E-state index >= 15 is 0 Å². The summed E-state index contributed by atoms with van der Waals surface area (Å²) in [4.78, 5) is 38.8. The number of carbonyl (C=O) groups excluding carboxylic acids is 2. The van der Waals surface area contributed by atoms with Crippen LogP contribution in [0.4, 0.5) is 11.4 Å². The fraction of sp³-hybridized carbons (Fsp3) is 0.440. The Balaban J connectivity index is 2.52. The Kier molecular flexibility index (Phi) is 11.3. The van der Waals surface area contributed by atoms with Crippen LogP contribution in [0.2, 0.25) is 5.02 Å². The standard InChI is InChI=1S/C25H33ClN4O7S/c1-5-7-14-27-25(32)21(6-2)28(16-18-8-10-19(26)11-9-18)24(31)17-29(38(4,35)36)22-15-20(30(33)34)12-13-23(22)37-3/h8-13,15,21H,5-7,14,16-17H2,1-4H3,(H,27,32)/t21-/m0/s1. The van der Waals surface area contributed by atoms with Gasteiger partial charge in [0.2, 0.25) is 21.8 Å². The average molecular weight is 569 g/mol. The number of nitro benzene ring substituents is 1. The quantitative estimate of drug-likeness (QED) is 0.208. The number of carbonyl (C=O) groups is 2. The molecule has 0 aliphatic carbocycles. The van der Waals surface area contributed by atoms with Crippen LogP contribution in [-0.4, -0.2) is 62.6 Å². The lowest BCUT2D eigenvalue weighted by Crippen LogP contribution is -2.52. The molecular weight excluding hydrogens is 536 g/mol. The topological polar surface area (TPSA) is 139 Å². The van der Waals surface area contributed by atoms with Crippen molar-refractivity contribution in [1.29, 1.82) is 0 Å². The Morgan fingerprint density at radius 2 is 1.82 bits per heavy atom. The second-order valence-corrected chi connectivity index (χ2v) is 10.9. The summed E-state index contributed by atoms with van der Waals surface area (Å²) in [6, 6.07) is 9.30. The number of unbranched alkanes of at least 4 members (excludes halogenated alkanes) is 1. The van der Waals surface area contributed by atoms with Crippen LogP contribution in [0.1, 0.15) is 38.7 Å². The Morgan fingerprint density at radius 3 is 2.34 bits per heavy atom. The van der Waals surface area contributed by atoms with Gasteiger partial charge in [0.05, 0.1) is 18.3 Å². The third-order valence-electron chi connectivity index (χ3n) is 5.80. The molecule has 1 atom stereocenters. The monoisotopic (exact) mass is 568 g/mol. The van der Waals surface area contributed by atoms with Gasteiger partial charge in [-0.15, -0.1) is 0 Å². The van der Waals surface area contributed by atoms with Crippen molar-refractivity contribution in [2.75, 3.05) is 30.8 Å². The van der Waals surface area contributed by atoms with E-state index in [-0.39, 0.29) is 36.0 Å². The zero-order valence-electron chi connectivity index (χ0n) is 21.8. The highest BCUT2D eigenvalue weighted by Crippen LogP contribution is 2.34. The number of amides is 2. The van der Waals surface area contributed by atoms with Crippen molar-refractivity contribution in [3.05, 3.63) is 63.2 Å². The summed E-state index contributed by atoms with van der Waals surface area (Å²) < 4.78 is 31.6. The lowest BCUT2D eigenvalue weighted by Gasteiger charge is -2.33. The molecule has 0 aromatic heterocycles. The van der Waals surface area contributed by atoms with Gasteiger partial charge in [-0.2, -0.15) is 0 Å². The number of anilines is 1. The number of benzene rings is 2. The Labute approximate surface area is 227 Å². The molecule has 2 rings (SSSR count). The molecule has 1 N–H and O–H groups in total. The van der Waals surface area contributed by atoms with E-state index in [4.69, 9.17) is 16.3 Å². The predicted molar refractivity (Wildman–Crippen MR) is 146 cm³/mol. The van der Waals surface area contributed by atoms with E-state index in [2.05, 4.69) is 5.32 Å². The van der Waals surface area contributed by atoms with Gasteiger partial charge in [0, 0.05) is 30.2 Å². The molecule has 0 saturated carbocycles. The van der Waals surface area contributed by atoms with E-state index in [0.29, 0.717) is 17.1 Å². The van der Waals surface area contributed by atoms with Gasteiger partial charge in [-0.05, 0) is 36.6 Å². The highest BCUT2D eigenvalue weighted by Gasteiger charge is 2.33. The minimum Gasteiger partial charge on any atom is -0.495 e. The number of non-ortho nitro benzene ring substituents is 1. The zero-order valence-corrected chi connectivity index (χ0v) is 23.4. The molecule has 0 bridgehead atoms. The van der Waals surface area contributed by atoms with Crippen LogP contribution in [0.5, 0.6) is 5.75 Å². The minimum atomic E-state index is -4.11. The molecule has 0 aliphatic heterocycles. The molecule has 0 unspecified atom stereocenters. The van der Waals surface area contributed by atoms with Crippen molar-refractivity contribution in [3.63, 3.8) is 0 Å². The summed E-state index contributed by atoms with van der Waals surface area (Å²) in [6.07, 6.45) is 2.80. The van der Waals surface area contributed by atoms with E-state index in [1.54, 1.807) is 31.2 Å². The lowest BCUT2D eigenvalue weighted by molar-refractivity contribution is -0.384. The third kappa shape index (κ3) is 8.32. The number of rotatable bonds is 14. The molecule has 0 heterocycles. The van der Waals surface area contributed by atoms with Gasteiger partial charge < -0.3 is 15.0 Å². The van der Waals surface area contributed by atoms with Crippen molar-refractivity contribution in [3.8, 4) is 5.75 Å². The van der Waals surface area contributed by atoms with Gasteiger partial charge in [-0.3, -0.25) is 24.0 Å². The summed E-state index contributed by atoms with van der Waals surface area (Å²) in [7, 11) is -2.82. The van der Waals surface area contributed by atoms with Gasteiger partial charge in [-0.25, -0.2) is 8.42 Å². The number of nitro groups is 1. The molecular formula is C25H33ClN4O7S. The Morgan fingerprint density at radius 1 is 1.16 bits per heavy atom. The lowest BCUT2D eigenvalue weighted by atomic mass is 10.1. The van der Waals surface area contributed by atoms with Crippen LogP contribution < -0.4 is 14.4 Å². The molecule has 38 heavy (non-hydrogen) atoms. The average Bonchev–Trinajstić information content (AvgIpc) is 2.87. The van der Waals surface area contributed by atoms with Crippen molar-refractivity contribution < 1.29 is 27.7 Å². The number of nitrogens with zero attached hydrogens (tertiary/aromatic N) is 3. The second kappa shape index (κ2) is 14.0. The highest BCUT2D eigenvalue weighted by atomic mass is 35.5. The first-order chi connectivity index (χ1) is 17.9. The van der Waals surface area contributed by atoms with E-state index in [0.717, 1.165) is 29.5 Å². The third-order valence-corrected chi connectivity index (χ3v) is 7.18. The SMILES string of the molecule is CCCCNC(=O)[C@H](CC)N(Cc1ccc(Cl)cc1)C(=O)CN(c1cc([N+](=O)[O-])ccc1OC)S(C)(=O)=O. The molecule has 2 aromatic carbocycles. The molecule has 2 aromatic rings. The summed E-state index contributed by atoms with van der Waals surface area (Å²) in [6.45, 7) is 3.49. The maximum Gasteiger partial charge on any atom is 0.271 e. The largest absolute Gasteiger partial charge is 0.495 e. The molecule has 0 fully saturated rings. The fourth-order valence-corrected chi connectivity index (χ4v) is 4.76. The van der Waals surface area contributed by atoms with Gasteiger partial charge in [-0.1, -0.05) is 44.0 Å². The molecule has 0 aliphatic rings. The van der Waals surface area contributed by atoms with Crippen LogP contribution in [0.15, 0.2) is 42.5 Å². The number of hydrogen-bond acceptors (Lipinski definition) is 7. The van der Waals surface area contributed by atoms with Gasteiger partial charge >= 0.3 is 0 Å². The molecule has 208 valence electrons. The van der Waals surface area contributed by atoms with Crippen LogP contribution in [0.25, 0.3) is 0 Å². The zero-order chi connectivity index (χ0) is 28.5. The number of nitrogens with one attached hydrogen (secondary N) is 1. The van der Waals surface area contributed by atoms with Crippen LogP contribution >= 0.6 is 11.6 Å². The highest BCUT2D eigenvalue weighted by molar-refractivity contribution is 7.92. The molecule has 13 heteroatoms. The molecule has 11 nitrogen and oxygen atoms in total. The van der Waals surface area contributed by atoms with Crippen molar-refractivity contribution >= 4 is 44.8 Å². The van der Waals surface area contributed by atoms with E-state index in [9.17, 15) is 28.1 Å². The number of sulfonamides is 1. The van der Waals surface area contributed by atoms with Gasteiger partial charge in [0.1, 0.15) is 24.0 Å². The number of ether oxygens (including phenoxy) is 1. The van der Waals surface area contributed by atoms with Gasteiger partial charge in [0.25, 0.3) is 5.69 Å². The normalized spacial score (nSPS) is 11.9. The van der Waals surface area contributed by atoms with Crippen molar-refractivity contribution in [1.82, 2.24) is 10.2 Å². The first kappa shape index (κ1) is 30.8. The first-order valence-corrected chi connectivity index (χ1v) is 14.3. The van der Waals surface area contributed by atoms with Crippen LogP contribution in [-0.2, 0) is 26.2 Å². The second-order valence-electron chi connectivity index (χ2n) is 8.60. The summed E-state index contributed by atoms with van der Waals surface area (Å²) in [5.41, 5.74) is 0.146. The van der Waals surface area contributed by atoms with E-state index in [1.165, 1.54) is 24.1 Å². The van der Waals surface area contributed by atoms with Crippen molar-refractivity contribution in [2.24, 2.45) is 0 Å². The minimum absolute atomic E-state index is 0.0133. The van der Waals surface area contributed by atoms with Crippen LogP contribution in [0.3, 0.4) is 0 Å². The van der Waals surface area contributed by atoms with E-state index in [1.807, 2.05) is 6.92 Å². The maximum atomic E-state index is 13.7. The van der Waals surface area contributed by atoms with Gasteiger partial charge in [0.15, 0.2) is 0 Å². The number of hydrogen-bond donors (Lipinski definition) is 1. The Hall–Kier alpha value is -3.38. The molecule has 0 radical (unpaired) electrons. The van der Waals surface area contributed by atoms with Crippen molar-refractivity contribution in [2.45, 2.75) is 45.7 Å². The Bertz CT molecular complexity index is 1240. The fourth-order valence-electron chi connectivity index (χ4n) is 3.79. The first-order valence-electron chi connectivity index (χ1n) is 12.0. The van der Waals surface area contributed by atoms with Crippen LogP contribution in [0, 0.1) is 10.1 Å². The number of methoxy groups -OCH3 is 1. The summed E-state index contributed by atoms with van der Waals surface area (Å²) in [5, 5.41) is 14.7. The molecule has 2 amide bonds. The molecule has 0 saturated heterocycles.